The smallest absolute Gasteiger partial charge is 0.277 e. The average molecular weight is 300 g/mol. The van der Waals surface area contributed by atoms with Crippen LogP contribution >= 0.6 is 11.3 Å². The van der Waals surface area contributed by atoms with E-state index >= 15 is 0 Å². The Labute approximate surface area is 124 Å². The average Bonchev–Trinajstić information content (AvgIpc) is 3.08. The molecule has 0 fully saturated rings. The van der Waals surface area contributed by atoms with Gasteiger partial charge in [0.15, 0.2) is 16.6 Å². The summed E-state index contributed by atoms with van der Waals surface area (Å²) in [5.74, 6) is 1.09. The molecule has 0 aliphatic carbocycles. The van der Waals surface area contributed by atoms with Crippen LogP contribution in [0.25, 0.3) is 5.82 Å². The van der Waals surface area contributed by atoms with E-state index in [4.69, 9.17) is 0 Å². The van der Waals surface area contributed by atoms with Crippen LogP contribution in [-0.4, -0.2) is 30.6 Å². The van der Waals surface area contributed by atoms with Crippen LogP contribution in [0, 0.1) is 13.8 Å². The maximum atomic E-state index is 12.0. The molecule has 0 aliphatic rings. The second-order valence-corrected chi connectivity index (χ2v) is 5.23. The SMILES string of the molecule is Cc1csc(NC(=O)c2ccc(-n3ccnc3C)nn2)n1. The minimum atomic E-state index is -0.328. The first-order chi connectivity index (χ1) is 10.1. The molecule has 106 valence electrons. The van der Waals surface area contributed by atoms with Gasteiger partial charge in [-0.25, -0.2) is 9.97 Å². The third-order valence-electron chi connectivity index (χ3n) is 2.80. The van der Waals surface area contributed by atoms with Crippen molar-refractivity contribution in [3.05, 3.63) is 47.1 Å². The lowest BCUT2D eigenvalue weighted by Gasteiger charge is -2.04. The van der Waals surface area contributed by atoms with Crippen molar-refractivity contribution in [3.63, 3.8) is 0 Å². The molecule has 0 aliphatic heterocycles. The number of imidazole rings is 1. The van der Waals surface area contributed by atoms with E-state index in [0.717, 1.165) is 11.5 Å². The number of carbonyl (C=O) groups excluding carboxylic acids is 1. The molecule has 0 spiro atoms. The highest BCUT2D eigenvalue weighted by Gasteiger charge is 2.11. The van der Waals surface area contributed by atoms with Crippen LogP contribution in [0.15, 0.2) is 29.9 Å². The number of amides is 1. The molecule has 0 saturated heterocycles. The van der Waals surface area contributed by atoms with Crippen molar-refractivity contribution in [2.24, 2.45) is 0 Å². The molecular formula is C13H12N6OS. The fourth-order valence-electron chi connectivity index (χ4n) is 1.77. The number of nitrogens with one attached hydrogen (secondary N) is 1. The van der Waals surface area contributed by atoms with E-state index in [-0.39, 0.29) is 11.6 Å². The highest BCUT2D eigenvalue weighted by atomic mass is 32.1. The van der Waals surface area contributed by atoms with E-state index < -0.39 is 0 Å². The predicted octanol–water partition coefficient (Wildman–Crippen LogP) is 1.99. The standard InChI is InChI=1S/C13H12N6OS/c1-8-7-21-13(15-8)16-12(20)10-3-4-11(18-17-10)19-6-5-14-9(19)2/h3-7H,1-2H3,(H,15,16,20). The minimum absolute atomic E-state index is 0.240. The molecule has 0 bridgehead atoms. The van der Waals surface area contributed by atoms with Gasteiger partial charge in [-0.05, 0) is 26.0 Å². The first kappa shape index (κ1) is 13.4. The summed E-state index contributed by atoms with van der Waals surface area (Å²) in [5, 5.41) is 13.1. The zero-order valence-corrected chi connectivity index (χ0v) is 12.3. The number of carbonyl (C=O) groups is 1. The minimum Gasteiger partial charge on any atom is -0.296 e. The van der Waals surface area contributed by atoms with Gasteiger partial charge in [-0.2, -0.15) is 0 Å². The van der Waals surface area contributed by atoms with E-state index in [1.54, 1.807) is 29.1 Å². The van der Waals surface area contributed by atoms with Gasteiger partial charge in [-0.3, -0.25) is 14.7 Å². The van der Waals surface area contributed by atoms with Crippen LogP contribution in [0.1, 0.15) is 22.0 Å². The van der Waals surface area contributed by atoms with Crippen molar-refractivity contribution >= 4 is 22.4 Å². The highest BCUT2D eigenvalue weighted by molar-refractivity contribution is 7.13. The van der Waals surface area contributed by atoms with E-state index in [9.17, 15) is 4.79 Å². The first-order valence-electron chi connectivity index (χ1n) is 6.21. The molecule has 0 radical (unpaired) electrons. The van der Waals surface area contributed by atoms with Crippen molar-refractivity contribution in [1.82, 2.24) is 24.7 Å². The number of thiazole rings is 1. The molecular weight excluding hydrogens is 288 g/mol. The molecule has 3 heterocycles. The third kappa shape index (κ3) is 2.79. The van der Waals surface area contributed by atoms with Crippen LogP contribution in [0.5, 0.6) is 0 Å². The summed E-state index contributed by atoms with van der Waals surface area (Å²) in [4.78, 5) is 20.3. The van der Waals surface area contributed by atoms with E-state index in [0.29, 0.717) is 10.9 Å². The summed E-state index contributed by atoms with van der Waals surface area (Å²) >= 11 is 1.37. The van der Waals surface area contributed by atoms with Crippen LogP contribution in [0.3, 0.4) is 0 Å². The second kappa shape index (κ2) is 5.41. The predicted molar refractivity (Wildman–Crippen MR) is 78.7 cm³/mol. The lowest BCUT2D eigenvalue weighted by molar-refractivity contribution is 0.102. The van der Waals surface area contributed by atoms with Crippen LogP contribution in [0.4, 0.5) is 5.13 Å². The topological polar surface area (TPSA) is 85.6 Å². The molecule has 0 aromatic carbocycles. The van der Waals surface area contributed by atoms with Crippen LogP contribution in [-0.2, 0) is 0 Å². The number of rotatable bonds is 3. The van der Waals surface area contributed by atoms with Gasteiger partial charge < -0.3 is 0 Å². The molecule has 7 nitrogen and oxygen atoms in total. The number of aryl methyl sites for hydroxylation is 2. The van der Waals surface area contributed by atoms with E-state index in [2.05, 4.69) is 25.5 Å². The molecule has 3 aromatic heterocycles. The Morgan fingerprint density at radius 2 is 2.14 bits per heavy atom. The van der Waals surface area contributed by atoms with E-state index in [1.165, 1.54) is 11.3 Å². The fraction of sp³-hybridized carbons (Fsp3) is 0.154. The summed E-state index contributed by atoms with van der Waals surface area (Å²) in [6.07, 6.45) is 3.47. The van der Waals surface area contributed by atoms with Gasteiger partial charge in [0.25, 0.3) is 5.91 Å². The lowest BCUT2D eigenvalue weighted by Crippen LogP contribution is -2.15. The third-order valence-corrected chi connectivity index (χ3v) is 3.67. The monoisotopic (exact) mass is 300 g/mol. The quantitative estimate of drug-likeness (QED) is 0.799. The molecule has 0 atom stereocenters. The van der Waals surface area contributed by atoms with Crippen LogP contribution < -0.4 is 5.32 Å². The molecule has 3 rings (SSSR count). The summed E-state index contributed by atoms with van der Waals surface area (Å²) in [6, 6.07) is 3.35. The second-order valence-electron chi connectivity index (χ2n) is 4.37. The zero-order chi connectivity index (χ0) is 14.8. The summed E-state index contributed by atoms with van der Waals surface area (Å²) < 4.78 is 1.79. The van der Waals surface area contributed by atoms with Gasteiger partial charge in [0.2, 0.25) is 0 Å². The Kier molecular flexibility index (Phi) is 3.44. The Balaban J connectivity index is 1.78. The molecule has 21 heavy (non-hydrogen) atoms. The van der Waals surface area contributed by atoms with Crippen molar-refractivity contribution in [2.75, 3.05) is 5.32 Å². The van der Waals surface area contributed by atoms with Gasteiger partial charge in [0.1, 0.15) is 5.82 Å². The van der Waals surface area contributed by atoms with Crippen molar-refractivity contribution in [1.29, 1.82) is 0 Å². The molecule has 1 amide bonds. The molecule has 3 aromatic rings. The van der Waals surface area contributed by atoms with Gasteiger partial charge in [-0.1, -0.05) is 0 Å². The van der Waals surface area contributed by atoms with Crippen molar-refractivity contribution < 1.29 is 4.79 Å². The first-order valence-corrected chi connectivity index (χ1v) is 7.09. The Morgan fingerprint density at radius 3 is 2.71 bits per heavy atom. The zero-order valence-electron chi connectivity index (χ0n) is 11.4. The lowest BCUT2D eigenvalue weighted by atomic mass is 10.3. The van der Waals surface area contributed by atoms with Gasteiger partial charge in [0.05, 0.1) is 5.69 Å². The molecule has 8 heteroatoms. The number of aromatic nitrogens is 5. The molecule has 0 saturated carbocycles. The van der Waals surface area contributed by atoms with Crippen molar-refractivity contribution in [2.45, 2.75) is 13.8 Å². The maximum Gasteiger partial charge on any atom is 0.277 e. The number of hydrogen-bond acceptors (Lipinski definition) is 6. The van der Waals surface area contributed by atoms with Gasteiger partial charge in [-0.15, -0.1) is 21.5 Å². The summed E-state index contributed by atoms with van der Waals surface area (Å²) in [6.45, 7) is 3.74. The largest absolute Gasteiger partial charge is 0.296 e. The normalized spacial score (nSPS) is 10.6. The number of nitrogens with zero attached hydrogens (tertiary/aromatic N) is 5. The summed E-state index contributed by atoms with van der Waals surface area (Å²) in [5.41, 5.74) is 1.11. The van der Waals surface area contributed by atoms with Gasteiger partial charge >= 0.3 is 0 Å². The Morgan fingerprint density at radius 1 is 1.29 bits per heavy atom. The molecule has 1 N–H and O–H groups in total. The highest BCUT2D eigenvalue weighted by Crippen LogP contribution is 2.15. The van der Waals surface area contributed by atoms with Crippen molar-refractivity contribution in [3.8, 4) is 5.82 Å². The fourth-order valence-corrected chi connectivity index (χ4v) is 2.45. The maximum absolute atomic E-state index is 12.0. The number of anilines is 1. The number of hydrogen-bond donors (Lipinski definition) is 1. The van der Waals surface area contributed by atoms with Crippen LogP contribution in [0.2, 0.25) is 0 Å². The summed E-state index contributed by atoms with van der Waals surface area (Å²) in [7, 11) is 0. The van der Waals surface area contributed by atoms with E-state index in [1.807, 2.05) is 19.2 Å². The Bertz CT molecular complexity index is 776. The Hall–Kier alpha value is -2.61. The molecule has 0 unspecified atom stereocenters. The van der Waals surface area contributed by atoms with Gasteiger partial charge in [0, 0.05) is 17.8 Å².